The zero-order valence-corrected chi connectivity index (χ0v) is 7.93. The van der Waals surface area contributed by atoms with E-state index in [4.69, 9.17) is 0 Å². The van der Waals surface area contributed by atoms with Gasteiger partial charge >= 0.3 is 0 Å². The molecule has 0 bridgehead atoms. The smallest absolute Gasteiger partial charge is 0.159 e. The number of aliphatic hydroxyl groups is 1. The van der Waals surface area contributed by atoms with Crippen LogP contribution in [0.4, 0.5) is 8.78 Å². The van der Waals surface area contributed by atoms with Crippen LogP contribution >= 0.6 is 0 Å². The third kappa shape index (κ3) is 1.52. The summed E-state index contributed by atoms with van der Waals surface area (Å²) in [7, 11) is 0. The van der Waals surface area contributed by atoms with Gasteiger partial charge in [-0.15, -0.1) is 0 Å². The molecule has 0 aromatic heterocycles. The van der Waals surface area contributed by atoms with E-state index in [1.807, 2.05) is 6.92 Å². The first kappa shape index (κ1) is 9.59. The lowest BCUT2D eigenvalue weighted by molar-refractivity contribution is 0.103. The highest BCUT2D eigenvalue weighted by molar-refractivity contribution is 5.23. The van der Waals surface area contributed by atoms with Crippen molar-refractivity contribution in [3.63, 3.8) is 0 Å². The maximum absolute atomic E-state index is 12.9. The van der Waals surface area contributed by atoms with Crippen molar-refractivity contribution in [1.29, 1.82) is 0 Å². The lowest BCUT2D eigenvalue weighted by Crippen LogP contribution is -2.10. The van der Waals surface area contributed by atoms with Crippen LogP contribution in [-0.2, 0) is 0 Å². The summed E-state index contributed by atoms with van der Waals surface area (Å²) in [6.07, 6.45) is 1.19. The Morgan fingerprint density at radius 1 is 1.29 bits per heavy atom. The minimum absolute atomic E-state index is 0.135. The van der Waals surface area contributed by atoms with E-state index in [2.05, 4.69) is 0 Å². The van der Waals surface area contributed by atoms with Gasteiger partial charge in [0.15, 0.2) is 11.6 Å². The molecule has 1 saturated carbocycles. The molecule has 1 fully saturated rings. The van der Waals surface area contributed by atoms with Crippen molar-refractivity contribution >= 4 is 0 Å². The van der Waals surface area contributed by atoms with Crippen LogP contribution in [0.15, 0.2) is 18.2 Å². The van der Waals surface area contributed by atoms with Crippen LogP contribution in [-0.4, -0.2) is 5.11 Å². The molecule has 0 amide bonds. The molecule has 2 rings (SSSR count). The van der Waals surface area contributed by atoms with Crippen molar-refractivity contribution < 1.29 is 13.9 Å². The third-order valence-electron chi connectivity index (χ3n) is 2.96. The Bertz CT molecular complexity index is 358. The van der Waals surface area contributed by atoms with Crippen molar-refractivity contribution in [3.8, 4) is 0 Å². The van der Waals surface area contributed by atoms with E-state index in [1.54, 1.807) is 0 Å². The van der Waals surface area contributed by atoms with Gasteiger partial charge in [-0.25, -0.2) is 8.78 Å². The summed E-state index contributed by atoms with van der Waals surface area (Å²) in [5.41, 5.74) is 0.327. The molecule has 1 N–H and O–H groups in total. The van der Waals surface area contributed by atoms with Crippen molar-refractivity contribution in [2.24, 2.45) is 5.41 Å². The molecule has 1 aliphatic rings. The van der Waals surface area contributed by atoms with Crippen LogP contribution in [0.2, 0.25) is 0 Å². The van der Waals surface area contributed by atoms with E-state index < -0.39 is 17.7 Å². The standard InChI is InChI=1S/C11H12F2O/c1-11(4-5-11)10(14)7-2-3-8(12)9(13)6-7/h2-3,6,10,14H,4-5H2,1H3. The quantitative estimate of drug-likeness (QED) is 0.774. The fraction of sp³-hybridized carbons (Fsp3) is 0.455. The van der Waals surface area contributed by atoms with Gasteiger partial charge in [0.25, 0.3) is 0 Å². The molecule has 1 aliphatic carbocycles. The summed E-state index contributed by atoms with van der Waals surface area (Å²) in [5.74, 6) is -1.77. The molecule has 1 unspecified atom stereocenters. The van der Waals surface area contributed by atoms with Crippen molar-refractivity contribution in [3.05, 3.63) is 35.4 Å². The van der Waals surface area contributed by atoms with Gasteiger partial charge in [-0.2, -0.15) is 0 Å². The first-order valence-electron chi connectivity index (χ1n) is 4.66. The Morgan fingerprint density at radius 2 is 1.93 bits per heavy atom. The van der Waals surface area contributed by atoms with Crippen LogP contribution in [0.5, 0.6) is 0 Å². The van der Waals surface area contributed by atoms with Gasteiger partial charge in [-0.1, -0.05) is 13.0 Å². The summed E-state index contributed by atoms with van der Waals surface area (Å²) < 4.78 is 25.5. The van der Waals surface area contributed by atoms with Gasteiger partial charge in [0.05, 0.1) is 6.10 Å². The molecule has 76 valence electrons. The molecule has 14 heavy (non-hydrogen) atoms. The lowest BCUT2D eigenvalue weighted by atomic mass is 9.95. The Hall–Kier alpha value is -0.960. The van der Waals surface area contributed by atoms with Gasteiger partial charge in [0.2, 0.25) is 0 Å². The van der Waals surface area contributed by atoms with E-state index in [1.165, 1.54) is 6.07 Å². The highest BCUT2D eigenvalue weighted by atomic mass is 19.2. The van der Waals surface area contributed by atoms with Crippen molar-refractivity contribution in [1.82, 2.24) is 0 Å². The molecule has 3 heteroatoms. The van der Waals surface area contributed by atoms with Crippen LogP contribution < -0.4 is 0 Å². The topological polar surface area (TPSA) is 20.2 Å². The van der Waals surface area contributed by atoms with E-state index in [0.29, 0.717) is 5.56 Å². The van der Waals surface area contributed by atoms with Crippen LogP contribution in [0.25, 0.3) is 0 Å². The summed E-state index contributed by atoms with van der Waals surface area (Å²) in [6.45, 7) is 1.94. The number of hydrogen-bond donors (Lipinski definition) is 1. The van der Waals surface area contributed by atoms with Gasteiger partial charge in [0.1, 0.15) is 0 Å². The number of halogens is 2. The lowest BCUT2D eigenvalue weighted by Gasteiger charge is -2.17. The van der Waals surface area contributed by atoms with Crippen molar-refractivity contribution in [2.75, 3.05) is 0 Å². The predicted molar refractivity (Wildman–Crippen MR) is 48.7 cm³/mol. The minimum Gasteiger partial charge on any atom is -0.388 e. The Labute approximate surface area is 81.4 Å². The fourth-order valence-corrected chi connectivity index (χ4v) is 1.56. The molecule has 0 saturated heterocycles. The second-order valence-corrected chi connectivity index (χ2v) is 4.23. The molecule has 1 atom stereocenters. The summed E-state index contributed by atoms with van der Waals surface area (Å²) in [6, 6.07) is 3.57. The van der Waals surface area contributed by atoms with Gasteiger partial charge in [0, 0.05) is 0 Å². The zero-order chi connectivity index (χ0) is 10.3. The molecule has 1 nitrogen and oxygen atoms in total. The Balaban J connectivity index is 2.28. The van der Waals surface area contributed by atoms with E-state index >= 15 is 0 Å². The number of aliphatic hydroxyl groups excluding tert-OH is 1. The number of benzene rings is 1. The third-order valence-corrected chi connectivity index (χ3v) is 2.96. The van der Waals surface area contributed by atoms with Crippen LogP contribution in [0, 0.1) is 17.0 Å². The molecule has 1 aromatic carbocycles. The monoisotopic (exact) mass is 198 g/mol. The van der Waals surface area contributed by atoms with E-state index in [0.717, 1.165) is 25.0 Å². The van der Waals surface area contributed by atoms with Gasteiger partial charge < -0.3 is 5.11 Å². The second-order valence-electron chi connectivity index (χ2n) is 4.23. The normalized spacial score (nSPS) is 20.6. The molecular weight excluding hydrogens is 186 g/mol. The summed E-state index contributed by atoms with van der Waals surface area (Å²) in [5, 5.41) is 9.85. The highest BCUT2D eigenvalue weighted by Gasteiger charge is 2.44. The Kier molecular flexibility index (Phi) is 2.07. The maximum atomic E-state index is 12.9. The average Bonchev–Trinajstić information content (AvgIpc) is 2.89. The zero-order valence-electron chi connectivity index (χ0n) is 7.93. The fourth-order valence-electron chi connectivity index (χ4n) is 1.56. The van der Waals surface area contributed by atoms with Crippen LogP contribution in [0.3, 0.4) is 0 Å². The first-order valence-corrected chi connectivity index (χ1v) is 4.66. The number of hydrogen-bond acceptors (Lipinski definition) is 1. The average molecular weight is 198 g/mol. The molecule has 0 spiro atoms. The molecule has 0 radical (unpaired) electrons. The van der Waals surface area contributed by atoms with E-state index in [9.17, 15) is 13.9 Å². The molecule has 1 aromatic rings. The summed E-state index contributed by atoms with van der Waals surface area (Å²) in [4.78, 5) is 0. The highest BCUT2D eigenvalue weighted by Crippen LogP contribution is 2.54. The molecule has 0 aliphatic heterocycles. The minimum atomic E-state index is -0.897. The van der Waals surface area contributed by atoms with E-state index in [-0.39, 0.29) is 5.41 Å². The molecule has 0 heterocycles. The largest absolute Gasteiger partial charge is 0.388 e. The van der Waals surface area contributed by atoms with Crippen LogP contribution in [0.1, 0.15) is 31.4 Å². The van der Waals surface area contributed by atoms with Gasteiger partial charge in [-0.3, -0.25) is 0 Å². The van der Waals surface area contributed by atoms with Gasteiger partial charge in [-0.05, 0) is 36.0 Å². The Morgan fingerprint density at radius 3 is 2.43 bits per heavy atom. The summed E-state index contributed by atoms with van der Waals surface area (Å²) >= 11 is 0. The number of rotatable bonds is 2. The second kappa shape index (κ2) is 3.02. The maximum Gasteiger partial charge on any atom is 0.159 e. The SMILES string of the molecule is CC1(C(O)c2ccc(F)c(F)c2)CC1. The predicted octanol–water partition coefficient (Wildman–Crippen LogP) is 2.80. The molecular formula is C11H12F2O. The van der Waals surface area contributed by atoms with Crippen molar-refractivity contribution in [2.45, 2.75) is 25.9 Å². The first-order chi connectivity index (χ1) is 6.53.